The van der Waals surface area contributed by atoms with Crippen molar-refractivity contribution < 1.29 is 9.47 Å². The third-order valence-electron chi connectivity index (χ3n) is 2.65. The average Bonchev–Trinajstić information content (AvgIpc) is 2.77. The maximum absolute atomic E-state index is 5.87. The van der Waals surface area contributed by atoms with Crippen LogP contribution in [0.2, 0.25) is 0 Å². The average molecular weight is 264 g/mol. The van der Waals surface area contributed by atoms with Crippen LogP contribution in [0.1, 0.15) is 10.6 Å². The predicted molar refractivity (Wildman–Crippen MR) is 73.5 cm³/mol. The van der Waals surface area contributed by atoms with E-state index in [0.29, 0.717) is 18.0 Å². The van der Waals surface area contributed by atoms with Gasteiger partial charge in [0.05, 0.1) is 30.6 Å². The highest BCUT2D eigenvalue weighted by molar-refractivity contribution is 7.09. The molecule has 0 radical (unpaired) electrons. The Balaban J connectivity index is 1.92. The number of aromatic nitrogens is 1. The first kappa shape index (κ1) is 12.7. The van der Waals surface area contributed by atoms with Crippen LogP contribution in [0.25, 0.3) is 0 Å². The highest BCUT2D eigenvalue weighted by Crippen LogP contribution is 2.26. The lowest BCUT2D eigenvalue weighted by Gasteiger charge is -2.09. The minimum atomic E-state index is 0.593. The van der Waals surface area contributed by atoms with Gasteiger partial charge in [-0.15, -0.1) is 11.3 Å². The molecule has 4 nitrogen and oxygen atoms in total. The van der Waals surface area contributed by atoms with E-state index in [1.165, 1.54) is 4.88 Å². The summed E-state index contributed by atoms with van der Waals surface area (Å²) in [5, 5.41) is 0. The standard InChI is InChI=1S/C13H16N2O2S/c1-9-13(18-8-15-9)5-6-17-12-4-3-10(16-2)7-11(12)14/h3-4,7-8H,5-6,14H2,1-2H3. The van der Waals surface area contributed by atoms with Crippen LogP contribution in [0.3, 0.4) is 0 Å². The summed E-state index contributed by atoms with van der Waals surface area (Å²) in [7, 11) is 1.61. The van der Waals surface area contributed by atoms with Crippen molar-refractivity contribution >= 4 is 17.0 Å². The zero-order valence-electron chi connectivity index (χ0n) is 10.5. The summed E-state index contributed by atoms with van der Waals surface area (Å²) in [6.07, 6.45) is 0.849. The Hall–Kier alpha value is -1.75. The van der Waals surface area contributed by atoms with Gasteiger partial charge in [-0.3, -0.25) is 0 Å². The highest BCUT2D eigenvalue weighted by Gasteiger charge is 2.04. The summed E-state index contributed by atoms with van der Waals surface area (Å²) in [4.78, 5) is 5.46. The molecule has 2 N–H and O–H groups in total. The van der Waals surface area contributed by atoms with E-state index >= 15 is 0 Å². The number of nitrogens with zero attached hydrogens (tertiary/aromatic N) is 1. The topological polar surface area (TPSA) is 57.4 Å². The summed E-state index contributed by atoms with van der Waals surface area (Å²) in [5.74, 6) is 1.43. The van der Waals surface area contributed by atoms with Crippen LogP contribution in [0, 0.1) is 6.92 Å². The molecule has 18 heavy (non-hydrogen) atoms. The fraction of sp³-hybridized carbons (Fsp3) is 0.308. The van der Waals surface area contributed by atoms with Crippen LogP contribution in [-0.2, 0) is 6.42 Å². The third-order valence-corrected chi connectivity index (χ3v) is 3.64. The molecule has 0 fully saturated rings. The van der Waals surface area contributed by atoms with Crippen LogP contribution in [0.5, 0.6) is 11.5 Å². The number of benzene rings is 1. The SMILES string of the molecule is COc1ccc(OCCc2scnc2C)c(N)c1. The van der Waals surface area contributed by atoms with Crippen molar-refractivity contribution in [1.29, 1.82) is 0 Å². The van der Waals surface area contributed by atoms with Crippen molar-refractivity contribution in [3.63, 3.8) is 0 Å². The molecule has 0 atom stereocenters. The van der Waals surface area contributed by atoms with E-state index < -0.39 is 0 Å². The number of methoxy groups -OCH3 is 1. The zero-order valence-corrected chi connectivity index (χ0v) is 11.3. The van der Waals surface area contributed by atoms with Crippen LogP contribution in [-0.4, -0.2) is 18.7 Å². The Labute approximate surface area is 110 Å². The van der Waals surface area contributed by atoms with Crippen LogP contribution in [0.4, 0.5) is 5.69 Å². The number of hydrogen-bond acceptors (Lipinski definition) is 5. The quantitative estimate of drug-likeness (QED) is 0.843. The van der Waals surface area contributed by atoms with E-state index in [-0.39, 0.29) is 0 Å². The van der Waals surface area contributed by atoms with E-state index in [0.717, 1.165) is 17.9 Å². The van der Waals surface area contributed by atoms with Gasteiger partial charge in [0.1, 0.15) is 11.5 Å². The molecule has 0 saturated heterocycles. The second kappa shape index (κ2) is 5.73. The second-order valence-corrected chi connectivity index (χ2v) is 4.80. The largest absolute Gasteiger partial charge is 0.497 e. The number of thiazole rings is 1. The van der Waals surface area contributed by atoms with E-state index in [1.54, 1.807) is 24.5 Å². The van der Waals surface area contributed by atoms with Gasteiger partial charge in [0.25, 0.3) is 0 Å². The lowest BCUT2D eigenvalue weighted by molar-refractivity contribution is 0.323. The van der Waals surface area contributed by atoms with Crippen molar-refractivity contribution in [3.8, 4) is 11.5 Å². The van der Waals surface area contributed by atoms with Crippen molar-refractivity contribution in [1.82, 2.24) is 4.98 Å². The van der Waals surface area contributed by atoms with E-state index in [4.69, 9.17) is 15.2 Å². The van der Waals surface area contributed by atoms with Gasteiger partial charge < -0.3 is 15.2 Å². The maximum Gasteiger partial charge on any atom is 0.142 e. The summed E-state index contributed by atoms with van der Waals surface area (Å²) < 4.78 is 10.7. The Morgan fingerprint density at radius 2 is 2.22 bits per heavy atom. The summed E-state index contributed by atoms with van der Waals surface area (Å²) >= 11 is 1.65. The molecule has 2 aromatic rings. The lowest BCUT2D eigenvalue weighted by atomic mass is 10.3. The summed E-state index contributed by atoms with van der Waals surface area (Å²) in [5.41, 5.74) is 9.39. The van der Waals surface area contributed by atoms with Crippen molar-refractivity contribution in [2.45, 2.75) is 13.3 Å². The number of aryl methyl sites for hydroxylation is 1. The van der Waals surface area contributed by atoms with E-state index in [9.17, 15) is 0 Å². The monoisotopic (exact) mass is 264 g/mol. The van der Waals surface area contributed by atoms with E-state index in [1.807, 2.05) is 24.6 Å². The van der Waals surface area contributed by atoms with Gasteiger partial charge >= 0.3 is 0 Å². The number of nitrogens with two attached hydrogens (primary N) is 1. The molecular weight excluding hydrogens is 248 g/mol. The number of nitrogen functional groups attached to an aromatic ring is 1. The smallest absolute Gasteiger partial charge is 0.142 e. The fourth-order valence-electron chi connectivity index (χ4n) is 1.60. The van der Waals surface area contributed by atoms with Gasteiger partial charge in [0, 0.05) is 17.4 Å². The van der Waals surface area contributed by atoms with Gasteiger partial charge in [0.15, 0.2) is 0 Å². The second-order valence-electron chi connectivity index (χ2n) is 3.86. The van der Waals surface area contributed by atoms with Gasteiger partial charge in [-0.05, 0) is 19.1 Å². The highest BCUT2D eigenvalue weighted by atomic mass is 32.1. The van der Waals surface area contributed by atoms with Crippen LogP contribution in [0.15, 0.2) is 23.7 Å². The molecule has 1 aromatic heterocycles. The summed E-state index contributed by atoms with van der Waals surface area (Å²) in [6, 6.07) is 5.42. The molecule has 0 amide bonds. The Morgan fingerprint density at radius 3 is 2.83 bits per heavy atom. The zero-order chi connectivity index (χ0) is 13.0. The molecular formula is C13H16N2O2S. The normalized spacial score (nSPS) is 10.3. The summed E-state index contributed by atoms with van der Waals surface area (Å²) in [6.45, 7) is 2.60. The number of ether oxygens (including phenoxy) is 2. The van der Waals surface area contributed by atoms with Gasteiger partial charge in [-0.25, -0.2) is 4.98 Å². The molecule has 2 rings (SSSR count). The molecule has 0 bridgehead atoms. The van der Waals surface area contributed by atoms with Crippen molar-refractivity contribution in [2.24, 2.45) is 0 Å². The fourth-order valence-corrected chi connectivity index (χ4v) is 2.37. The van der Waals surface area contributed by atoms with Gasteiger partial charge in [-0.2, -0.15) is 0 Å². The molecule has 0 spiro atoms. The molecule has 0 unspecified atom stereocenters. The number of anilines is 1. The predicted octanol–water partition coefficient (Wildman–Crippen LogP) is 2.66. The first-order valence-corrected chi connectivity index (χ1v) is 6.54. The van der Waals surface area contributed by atoms with Crippen molar-refractivity contribution in [2.75, 3.05) is 19.5 Å². The Kier molecular flexibility index (Phi) is 4.04. The number of hydrogen-bond donors (Lipinski definition) is 1. The van der Waals surface area contributed by atoms with Gasteiger partial charge in [-0.1, -0.05) is 0 Å². The Morgan fingerprint density at radius 1 is 1.39 bits per heavy atom. The molecule has 0 aliphatic rings. The van der Waals surface area contributed by atoms with Crippen LogP contribution >= 0.6 is 11.3 Å². The molecule has 5 heteroatoms. The minimum absolute atomic E-state index is 0.593. The third kappa shape index (κ3) is 2.92. The maximum atomic E-state index is 5.87. The first-order valence-electron chi connectivity index (χ1n) is 5.66. The van der Waals surface area contributed by atoms with Crippen LogP contribution < -0.4 is 15.2 Å². The first-order chi connectivity index (χ1) is 8.70. The minimum Gasteiger partial charge on any atom is -0.497 e. The molecule has 0 aliphatic carbocycles. The molecule has 96 valence electrons. The Bertz CT molecular complexity index is 525. The molecule has 0 saturated carbocycles. The van der Waals surface area contributed by atoms with Gasteiger partial charge in [0.2, 0.25) is 0 Å². The molecule has 1 aromatic carbocycles. The lowest BCUT2D eigenvalue weighted by Crippen LogP contribution is -2.03. The van der Waals surface area contributed by atoms with Crippen molar-refractivity contribution in [3.05, 3.63) is 34.3 Å². The molecule has 1 heterocycles. The van der Waals surface area contributed by atoms with E-state index in [2.05, 4.69) is 4.98 Å². The molecule has 0 aliphatic heterocycles. The number of rotatable bonds is 5.